The third kappa shape index (κ3) is 5.66. The van der Waals surface area contributed by atoms with Crippen LogP contribution in [0.4, 0.5) is 0 Å². The van der Waals surface area contributed by atoms with E-state index in [-0.39, 0.29) is 36.0 Å². The maximum atomic E-state index is 13.5. The van der Waals surface area contributed by atoms with E-state index in [0.29, 0.717) is 12.8 Å². The molecule has 0 heterocycles. The van der Waals surface area contributed by atoms with Crippen LogP contribution in [-0.2, 0) is 27.9 Å². The van der Waals surface area contributed by atoms with Gasteiger partial charge in [0.15, 0.2) is 0 Å². The molecule has 1 aliphatic rings. The highest BCUT2D eigenvalue weighted by Gasteiger charge is 2.45. The molecule has 2 aromatic carbocycles. The number of hydrogen-bond donors (Lipinski definition) is 0. The number of ether oxygens (including phenoxy) is 2. The molecule has 2 aromatic rings. The lowest BCUT2D eigenvalue weighted by molar-refractivity contribution is -0.134. The lowest BCUT2D eigenvalue weighted by Gasteiger charge is -2.42. The molecule has 0 amide bonds. The number of carbonyl (C=O) groups excluding carboxylic acids is 1. The highest BCUT2D eigenvalue weighted by Crippen LogP contribution is 2.45. The Kier molecular flexibility index (Phi) is 7.06. The highest BCUT2D eigenvalue weighted by molar-refractivity contribution is 7.89. The van der Waals surface area contributed by atoms with Crippen LogP contribution in [0.15, 0.2) is 48.5 Å². The molecular formula is C24H31NO5S. The fourth-order valence-corrected chi connectivity index (χ4v) is 5.88. The minimum atomic E-state index is -3.57. The Balaban J connectivity index is 1.82. The number of carbonyl (C=O) groups is 1. The second-order valence-corrected chi connectivity index (χ2v) is 10.7. The van der Waals surface area contributed by atoms with Crippen molar-refractivity contribution in [2.45, 2.75) is 39.8 Å². The molecule has 0 N–H and O–H groups in total. The van der Waals surface area contributed by atoms with Gasteiger partial charge in [-0.1, -0.05) is 38.1 Å². The zero-order valence-electron chi connectivity index (χ0n) is 18.6. The molecular weight excluding hydrogens is 414 g/mol. The normalized spacial score (nSPS) is 16.6. The molecule has 168 valence electrons. The Labute approximate surface area is 185 Å². The minimum Gasteiger partial charge on any atom is -0.497 e. The molecule has 7 heteroatoms. The van der Waals surface area contributed by atoms with E-state index in [1.54, 1.807) is 14.2 Å². The van der Waals surface area contributed by atoms with Crippen LogP contribution in [0.1, 0.15) is 37.8 Å². The van der Waals surface area contributed by atoms with Crippen molar-refractivity contribution in [2.75, 3.05) is 20.0 Å². The predicted molar refractivity (Wildman–Crippen MR) is 121 cm³/mol. The van der Waals surface area contributed by atoms with Crippen molar-refractivity contribution in [1.82, 2.24) is 4.31 Å². The van der Waals surface area contributed by atoms with E-state index in [1.165, 1.54) is 4.31 Å². The van der Waals surface area contributed by atoms with Crippen molar-refractivity contribution in [3.05, 3.63) is 59.7 Å². The first-order chi connectivity index (χ1) is 14.6. The maximum absolute atomic E-state index is 13.5. The minimum absolute atomic E-state index is 0.0170. The molecule has 0 aromatic heterocycles. The van der Waals surface area contributed by atoms with E-state index >= 15 is 0 Å². The molecule has 6 nitrogen and oxygen atoms in total. The zero-order valence-corrected chi connectivity index (χ0v) is 19.4. The third-order valence-electron chi connectivity index (χ3n) is 6.28. The molecule has 1 saturated carbocycles. The number of methoxy groups -OCH3 is 2. The summed E-state index contributed by atoms with van der Waals surface area (Å²) in [5.74, 6) is 1.57. The second kappa shape index (κ2) is 9.40. The Hall–Kier alpha value is -2.38. The van der Waals surface area contributed by atoms with E-state index in [4.69, 9.17) is 9.47 Å². The number of Topliss-reactive ketones (excluding diaryl/α,β-unsaturated/α-hetero) is 1. The van der Waals surface area contributed by atoms with Crippen molar-refractivity contribution in [1.29, 1.82) is 0 Å². The average Bonchev–Trinajstić information content (AvgIpc) is 2.73. The summed E-state index contributed by atoms with van der Waals surface area (Å²) in [5.41, 5.74) is 1.53. The van der Waals surface area contributed by atoms with E-state index in [1.807, 2.05) is 62.4 Å². The van der Waals surface area contributed by atoms with Gasteiger partial charge in [-0.2, -0.15) is 4.31 Å². The molecule has 0 aliphatic heterocycles. The van der Waals surface area contributed by atoms with Crippen LogP contribution < -0.4 is 9.47 Å². The highest BCUT2D eigenvalue weighted by atomic mass is 32.2. The first-order valence-corrected chi connectivity index (χ1v) is 12.0. The zero-order chi connectivity index (χ0) is 22.6. The van der Waals surface area contributed by atoms with Crippen molar-refractivity contribution >= 4 is 15.8 Å². The van der Waals surface area contributed by atoms with Gasteiger partial charge in [-0.05, 0) is 46.7 Å². The van der Waals surface area contributed by atoms with Gasteiger partial charge < -0.3 is 9.47 Å². The van der Waals surface area contributed by atoms with Crippen LogP contribution in [0.2, 0.25) is 0 Å². The number of rotatable bonds is 10. The molecule has 0 bridgehead atoms. The summed E-state index contributed by atoms with van der Waals surface area (Å²) in [5, 5.41) is 0. The Bertz CT molecular complexity index is 942. The van der Waals surface area contributed by atoms with Gasteiger partial charge in [0, 0.05) is 25.9 Å². The number of ketones is 1. The van der Waals surface area contributed by atoms with Crippen molar-refractivity contribution in [3.8, 4) is 11.5 Å². The standard InChI is InChI=1S/C24H31NO5S/c1-18(24(2)13-21(26)14-24)17-31(27,28)25(15-19-5-9-22(29-3)10-6-19)16-20-7-11-23(30-4)12-8-20/h5-12,18H,13-17H2,1-4H3. The summed E-state index contributed by atoms with van der Waals surface area (Å²) in [6.45, 7) is 4.47. The quantitative estimate of drug-likeness (QED) is 0.552. The topological polar surface area (TPSA) is 72.9 Å². The summed E-state index contributed by atoms with van der Waals surface area (Å²) in [4.78, 5) is 11.5. The second-order valence-electron chi connectivity index (χ2n) is 8.69. The predicted octanol–water partition coefficient (Wildman–Crippen LogP) is 4.04. The molecule has 0 radical (unpaired) electrons. The summed E-state index contributed by atoms with van der Waals surface area (Å²) < 4.78 is 38.8. The smallest absolute Gasteiger partial charge is 0.214 e. The summed E-state index contributed by atoms with van der Waals surface area (Å²) in [6.07, 6.45) is 0.918. The first-order valence-electron chi connectivity index (χ1n) is 10.4. The van der Waals surface area contributed by atoms with Crippen LogP contribution in [0, 0.1) is 11.3 Å². The SMILES string of the molecule is COc1ccc(CN(Cc2ccc(OC)cc2)S(=O)(=O)CC(C)C2(C)CC(=O)C2)cc1. The Morgan fingerprint density at radius 3 is 1.68 bits per heavy atom. The van der Waals surface area contributed by atoms with Gasteiger partial charge in [0.1, 0.15) is 17.3 Å². The molecule has 3 rings (SSSR count). The molecule has 1 atom stereocenters. The number of hydrogen-bond acceptors (Lipinski definition) is 5. The third-order valence-corrected chi connectivity index (χ3v) is 8.25. The van der Waals surface area contributed by atoms with Crippen molar-refractivity contribution in [2.24, 2.45) is 11.3 Å². The Morgan fingerprint density at radius 1 is 0.903 bits per heavy atom. The molecule has 0 saturated heterocycles. The van der Waals surface area contributed by atoms with Gasteiger partial charge in [-0.3, -0.25) is 4.79 Å². The maximum Gasteiger partial charge on any atom is 0.214 e. The number of sulfonamides is 1. The summed E-state index contributed by atoms with van der Waals surface area (Å²) in [7, 11) is -0.367. The van der Waals surface area contributed by atoms with Crippen LogP contribution >= 0.6 is 0 Å². The number of nitrogens with zero attached hydrogens (tertiary/aromatic N) is 1. The van der Waals surface area contributed by atoms with E-state index in [2.05, 4.69) is 0 Å². The van der Waals surface area contributed by atoms with Gasteiger partial charge >= 0.3 is 0 Å². The van der Waals surface area contributed by atoms with Gasteiger partial charge in [-0.25, -0.2) is 8.42 Å². The van der Waals surface area contributed by atoms with Gasteiger partial charge in [0.25, 0.3) is 0 Å². The molecule has 0 spiro atoms. The van der Waals surface area contributed by atoms with Gasteiger partial charge in [0.05, 0.1) is 20.0 Å². The van der Waals surface area contributed by atoms with Crippen molar-refractivity contribution < 1.29 is 22.7 Å². The summed E-state index contributed by atoms with van der Waals surface area (Å²) in [6, 6.07) is 14.8. The lowest BCUT2D eigenvalue weighted by atomic mass is 9.63. The average molecular weight is 446 g/mol. The fraction of sp³-hybridized carbons (Fsp3) is 0.458. The van der Waals surface area contributed by atoms with Crippen LogP contribution in [-0.4, -0.2) is 38.5 Å². The monoisotopic (exact) mass is 445 g/mol. The van der Waals surface area contributed by atoms with E-state index in [0.717, 1.165) is 22.6 Å². The first kappa shape index (κ1) is 23.3. The Morgan fingerprint density at radius 2 is 1.32 bits per heavy atom. The molecule has 1 unspecified atom stereocenters. The van der Waals surface area contributed by atoms with Gasteiger partial charge in [0.2, 0.25) is 10.0 Å². The van der Waals surface area contributed by atoms with Crippen molar-refractivity contribution in [3.63, 3.8) is 0 Å². The molecule has 1 aliphatic carbocycles. The van der Waals surface area contributed by atoms with Crippen LogP contribution in [0.5, 0.6) is 11.5 Å². The van der Waals surface area contributed by atoms with Gasteiger partial charge in [-0.15, -0.1) is 0 Å². The summed E-state index contributed by atoms with van der Waals surface area (Å²) >= 11 is 0. The lowest BCUT2D eigenvalue weighted by Crippen LogP contribution is -2.44. The van der Waals surface area contributed by atoms with E-state index in [9.17, 15) is 13.2 Å². The van der Waals surface area contributed by atoms with Crippen LogP contribution in [0.25, 0.3) is 0 Å². The number of benzene rings is 2. The largest absolute Gasteiger partial charge is 0.497 e. The molecule has 31 heavy (non-hydrogen) atoms. The molecule has 1 fully saturated rings. The van der Waals surface area contributed by atoms with Crippen LogP contribution in [0.3, 0.4) is 0 Å². The fourth-order valence-electron chi connectivity index (χ4n) is 3.94. The van der Waals surface area contributed by atoms with E-state index < -0.39 is 10.0 Å².